The number of hydrogen-bond donors (Lipinski definition) is 1. The van der Waals surface area contributed by atoms with E-state index in [-0.39, 0.29) is 11.8 Å². The van der Waals surface area contributed by atoms with Gasteiger partial charge in [0.25, 0.3) is 0 Å². The fourth-order valence-corrected chi connectivity index (χ4v) is 3.76. The average Bonchev–Trinajstić information content (AvgIpc) is 3.34. The molecule has 8 heteroatoms. The molecule has 1 saturated heterocycles. The zero-order chi connectivity index (χ0) is 17.9. The van der Waals surface area contributed by atoms with Gasteiger partial charge in [0.05, 0.1) is 4.88 Å². The van der Waals surface area contributed by atoms with Crippen LogP contribution in [0.4, 0.5) is 11.6 Å². The maximum absolute atomic E-state index is 12.4. The number of thiophene rings is 1. The van der Waals surface area contributed by atoms with Gasteiger partial charge in [0.1, 0.15) is 11.5 Å². The molecule has 3 aromatic rings. The van der Waals surface area contributed by atoms with E-state index in [2.05, 4.69) is 25.6 Å². The van der Waals surface area contributed by atoms with Crippen molar-refractivity contribution in [1.29, 1.82) is 0 Å². The number of amides is 1. The van der Waals surface area contributed by atoms with Crippen LogP contribution in [0, 0.1) is 12.8 Å². The molecule has 0 aliphatic carbocycles. The van der Waals surface area contributed by atoms with Gasteiger partial charge in [-0.3, -0.25) is 4.79 Å². The Morgan fingerprint density at radius 3 is 2.73 bits per heavy atom. The minimum absolute atomic E-state index is 0.00271. The topological polar surface area (TPSA) is 84.2 Å². The summed E-state index contributed by atoms with van der Waals surface area (Å²) in [5, 5.41) is 17.3. The second kappa shape index (κ2) is 7.25. The van der Waals surface area contributed by atoms with Crippen molar-refractivity contribution in [2.24, 2.45) is 5.92 Å². The van der Waals surface area contributed by atoms with Gasteiger partial charge in [0.15, 0.2) is 11.6 Å². The molecule has 0 radical (unpaired) electrons. The molecule has 1 N–H and O–H groups in total. The van der Waals surface area contributed by atoms with Gasteiger partial charge < -0.3 is 14.7 Å². The summed E-state index contributed by atoms with van der Waals surface area (Å²) in [4.78, 5) is 15.6. The summed E-state index contributed by atoms with van der Waals surface area (Å²) in [5.41, 5.74) is 0.890. The first kappa shape index (κ1) is 16.7. The van der Waals surface area contributed by atoms with Crippen molar-refractivity contribution >= 4 is 28.9 Å². The Kier molecular flexibility index (Phi) is 4.66. The molecular formula is C18H19N5O2S. The smallest absolute Gasteiger partial charge is 0.228 e. The lowest BCUT2D eigenvalue weighted by atomic mass is 9.96. The van der Waals surface area contributed by atoms with Crippen LogP contribution >= 0.6 is 11.3 Å². The highest BCUT2D eigenvalue weighted by atomic mass is 32.1. The van der Waals surface area contributed by atoms with Gasteiger partial charge in [-0.1, -0.05) is 11.2 Å². The van der Waals surface area contributed by atoms with Crippen molar-refractivity contribution in [2.45, 2.75) is 19.8 Å². The second-order valence-corrected chi connectivity index (χ2v) is 7.28. The number of aromatic nitrogens is 3. The Labute approximate surface area is 155 Å². The van der Waals surface area contributed by atoms with Gasteiger partial charge in [-0.25, -0.2) is 0 Å². The van der Waals surface area contributed by atoms with E-state index in [1.54, 1.807) is 24.3 Å². The van der Waals surface area contributed by atoms with E-state index in [1.165, 1.54) is 0 Å². The maximum Gasteiger partial charge on any atom is 0.228 e. The first-order valence-corrected chi connectivity index (χ1v) is 9.44. The number of nitrogens with zero attached hydrogens (tertiary/aromatic N) is 4. The number of anilines is 2. The molecule has 7 nitrogen and oxygen atoms in total. The molecule has 1 fully saturated rings. The molecule has 4 heterocycles. The predicted octanol–water partition coefficient (Wildman–Crippen LogP) is 3.36. The largest absolute Gasteiger partial charge is 0.360 e. The average molecular weight is 369 g/mol. The lowest BCUT2D eigenvalue weighted by Crippen LogP contribution is -2.38. The summed E-state index contributed by atoms with van der Waals surface area (Å²) in [6, 6.07) is 9.76. The molecule has 1 amide bonds. The third-order valence-electron chi connectivity index (χ3n) is 4.49. The SMILES string of the molecule is Cc1cc(NC(=O)C2CCN(c3ccc(-c4cccs4)nn3)CC2)no1. The summed E-state index contributed by atoms with van der Waals surface area (Å²) in [6.07, 6.45) is 1.55. The Morgan fingerprint density at radius 1 is 1.27 bits per heavy atom. The number of aryl methyl sites for hydroxylation is 1. The van der Waals surface area contributed by atoms with Crippen molar-refractivity contribution in [3.8, 4) is 10.6 Å². The van der Waals surface area contributed by atoms with E-state index >= 15 is 0 Å². The summed E-state index contributed by atoms with van der Waals surface area (Å²) in [5.74, 6) is 1.99. The summed E-state index contributed by atoms with van der Waals surface area (Å²) in [7, 11) is 0. The highest BCUT2D eigenvalue weighted by molar-refractivity contribution is 7.13. The molecule has 0 unspecified atom stereocenters. The van der Waals surface area contributed by atoms with Gasteiger partial charge >= 0.3 is 0 Å². The minimum Gasteiger partial charge on any atom is -0.360 e. The number of hydrogen-bond acceptors (Lipinski definition) is 7. The highest BCUT2D eigenvalue weighted by Crippen LogP contribution is 2.26. The van der Waals surface area contributed by atoms with Crippen molar-refractivity contribution in [1.82, 2.24) is 15.4 Å². The first-order valence-electron chi connectivity index (χ1n) is 8.56. The second-order valence-electron chi connectivity index (χ2n) is 6.33. The molecule has 1 aliphatic heterocycles. The molecule has 0 saturated carbocycles. The third-order valence-corrected chi connectivity index (χ3v) is 5.39. The normalized spacial score (nSPS) is 15.2. The van der Waals surface area contributed by atoms with Crippen LogP contribution in [0.15, 0.2) is 40.2 Å². The Hall–Kier alpha value is -2.74. The van der Waals surface area contributed by atoms with Crippen molar-refractivity contribution in [3.63, 3.8) is 0 Å². The number of piperidine rings is 1. The van der Waals surface area contributed by atoms with Gasteiger partial charge in [0, 0.05) is 25.1 Å². The zero-order valence-corrected chi connectivity index (χ0v) is 15.2. The van der Waals surface area contributed by atoms with Crippen molar-refractivity contribution in [2.75, 3.05) is 23.3 Å². The number of carbonyl (C=O) groups is 1. The quantitative estimate of drug-likeness (QED) is 0.759. The molecule has 134 valence electrons. The Morgan fingerprint density at radius 2 is 2.12 bits per heavy atom. The number of rotatable bonds is 4. The van der Waals surface area contributed by atoms with Gasteiger partial charge in [-0.05, 0) is 43.3 Å². The van der Waals surface area contributed by atoms with Crippen LogP contribution in [-0.4, -0.2) is 34.4 Å². The fourth-order valence-electron chi connectivity index (χ4n) is 3.07. The molecule has 4 rings (SSSR count). The van der Waals surface area contributed by atoms with E-state index in [4.69, 9.17) is 4.52 Å². The summed E-state index contributed by atoms with van der Waals surface area (Å²) >= 11 is 1.65. The molecule has 3 aromatic heterocycles. The lowest BCUT2D eigenvalue weighted by Gasteiger charge is -2.31. The summed E-state index contributed by atoms with van der Waals surface area (Å²) < 4.78 is 4.98. The van der Waals surface area contributed by atoms with Crippen LogP contribution < -0.4 is 10.2 Å². The third kappa shape index (κ3) is 3.60. The van der Waals surface area contributed by atoms with Crippen LogP contribution in [0.1, 0.15) is 18.6 Å². The van der Waals surface area contributed by atoms with Crippen LogP contribution in [0.2, 0.25) is 0 Å². The van der Waals surface area contributed by atoms with E-state index in [0.29, 0.717) is 11.6 Å². The molecular weight excluding hydrogens is 350 g/mol. The van der Waals surface area contributed by atoms with Gasteiger partial charge in [-0.2, -0.15) is 0 Å². The molecule has 0 spiro atoms. The number of nitrogens with one attached hydrogen (secondary N) is 1. The zero-order valence-electron chi connectivity index (χ0n) is 14.4. The highest BCUT2D eigenvalue weighted by Gasteiger charge is 2.26. The van der Waals surface area contributed by atoms with E-state index < -0.39 is 0 Å². The lowest BCUT2D eigenvalue weighted by molar-refractivity contribution is -0.120. The van der Waals surface area contributed by atoms with Crippen LogP contribution in [0.25, 0.3) is 10.6 Å². The molecule has 1 aliphatic rings. The standard InChI is InChI=1S/C18H19N5O2S/c1-12-11-16(22-25-12)19-18(24)13-6-8-23(9-7-13)17-5-4-14(20-21-17)15-3-2-10-26-15/h2-5,10-11,13H,6-9H2,1H3,(H,19,22,24). The molecule has 0 aromatic carbocycles. The molecule has 0 atom stereocenters. The van der Waals surface area contributed by atoms with Crippen LogP contribution in [-0.2, 0) is 4.79 Å². The predicted molar refractivity (Wildman–Crippen MR) is 100 cm³/mol. The van der Waals surface area contributed by atoms with E-state index in [0.717, 1.165) is 42.3 Å². The van der Waals surface area contributed by atoms with Crippen LogP contribution in [0.5, 0.6) is 0 Å². The summed E-state index contributed by atoms with van der Waals surface area (Å²) in [6.45, 7) is 3.36. The Balaban J connectivity index is 1.33. The van der Waals surface area contributed by atoms with Gasteiger partial charge in [-0.15, -0.1) is 21.5 Å². The fraction of sp³-hybridized carbons (Fsp3) is 0.333. The monoisotopic (exact) mass is 369 g/mol. The first-order chi connectivity index (χ1) is 12.7. The Bertz CT molecular complexity index is 867. The maximum atomic E-state index is 12.4. The van der Waals surface area contributed by atoms with Crippen LogP contribution in [0.3, 0.4) is 0 Å². The number of carbonyl (C=O) groups excluding carboxylic acids is 1. The van der Waals surface area contributed by atoms with E-state index in [1.807, 2.05) is 29.6 Å². The van der Waals surface area contributed by atoms with E-state index in [9.17, 15) is 4.79 Å². The van der Waals surface area contributed by atoms with Gasteiger partial charge in [0.2, 0.25) is 5.91 Å². The molecule has 26 heavy (non-hydrogen) atoms. The minimum atomic E-state index is -0.0263. The van der Waals surface area contributed by atoms with Crippen molar-refractivity contribution in [3.05, 3.63) is 41.5 Å². The molecule has 0 bridgehead atoms. The van der Waals surface area contributed by atoms with Crippen molar-refractivity contribution < 1.29 is 9.32 Å².